The topological polar surface area (TPSA) is 90.9 Å². The van der Waals surface area contributed by atoms with Gasteiger partial charge >= 0.3 is 6.03 Å². The number of urea groups is 1. The Balaban J connectivity index is 1.37. The van der Waals surface area contributed by atoms with Gasteiger partial charge in [-0.25, -0.2) is 9.78 Å². The molecule has 1 aromatic carbocycles. The Morgan fingerprint density at radius 2 is 2.16 bits per heavy atom. The normalized spacial score (nSPS) is 23.7. The summed E-state index contributed by atoms with van der Waals surface area (Å²) in [5.74, 6) is 2.48. The fraction of sp³-hybridized carbons (Fsp3) is 0.458. The zero-order valence-electron chi connectivity index (χ0n) is 18.6. The van der Waals surface area contributed by atoms with Crippen molar-refractivity contribution >= 4 is 29.1 Å². The molecule has 1 spiro atoms. The number of amidine groups is 1. The average molecular weight is 435 g/mol. The van der Waals surface area contributed by atoms with Gasteiger partial charge in [-0.3, -0.25) is 4.99 Å². The molecular formula is C24H30N6O2. The van der Waals surface area contributed by atoms with E-state index in [4.69, 9.17) is 9.73 Å². The maximum atomic E-state index is 13.1. The summed E-state index contributed by atoms with van der Waals surface area (Å²) in [6.07, 6.45) is 7.27. The minimum absolute atomic E-state index is 0.103. The number of aliphatic imine (C=N–C) groups is 1. The van der Waals surface area contributed by atoms with Gasteiger partial charge in [0.1, 0.15) is 17.1 Å². The van der Waals surface area contributed by atoms with Gasteiger partial charge in [0.15, 0.2) is 5.82 Å². The lowest BCUT2D eigenvalue weighted by Crippen LogP contribution is -2.55. The maximum Gasteiger partial charge on any atom is 0.321 e. The van der Waals surface area contributed by atoms with E-state index in [2.05, 4.69) is 20.9 Å². The second kappa shape index (κ2) is 8.33. The number of hydrogen-bond acceptors (Lipinski definition) is 5. The summed E-state index contributed by atoms with van der Waals surface area (Å²) in [4.78, 5) is 24.6. The van der Waals surface area contributed by atoms with Crippen LogP contribution < -0.4 is 20.7 Å². The number of nitrogens with one attached hydrogen (secondary N) is 3. The first-order valence-electron chi connectivity index (χ1n) is 11.4. The molecule has 3 aliphatic rings. The van der Waals surface area contributed by atoms with Crippen LogP contribution in [0.1, 0.15) is 37.7 Å². The predicted molar refractivity (Wildman–Crippen MR) is 127 cm³/mol. The van der Waals surface area contributed by atoms with Crippen LogP contribution in [-0.2, 0) is 0 Å². The van der Waals surface area contributed by atoms with E-state index in [-0.39, 0.29) is 6.03 Å². The van der Waals surface area contributed by atoms with Crippen LogP contribution in [0.2, 0.25) is 0 Å². The van der Waals surface area contributed by atoms with Crippen molar-refractivity contribution in [2.75, 3.05) is 36.1 Å². The van der Waals surface area contributed by atoms with E-state index in [1.54, 1.807) is 13.3 Å². The second-order valence-electron chi connectivity index (χ2n) is 8.93. The molecule has 0 bridgehead atoms. The molecule has 5 rings (SSSR count). The van der Waals surface area contributed by atoms with Crippen LogP contribution in [0.15, 0.2) is 41.5 Å². The number of amides is 2. The molecule has 0 unspecified atom stereocenters. The molecule has 2 aliphatic heterocycles. The van der Waals surface area contributed by atoms with Crippen molar-refractivity contribution in [1.29, 1.82) is 0 Å². The van der Waals surface area contributed by atoms with Gasteiger partial charge in [-0.2, -0.15) is 0 Å². The summed E-state index contributed by atoms with van der Waals surface area (Å²) < 4.78 is 5.27. The highest BCUT2D eigenvalue weighted by molar-refractivity contribution is 6.09. The summed E-state index contributed by atoms with van der Waals surface area (Å²) in [6, 6.07) is 9.84. The van der Waals surface area contributed by atoms with Crippen molar-refractivity contribution < 1.29 is 9.53 Å². The lowest BCUT2D eigenvalue weighted by Gasteiger charge is -2.38. The minimum atomic E-state index is -0.426. The summed E-state index contributed by atoms with van der Waals surface area (Å²) >= 11 is 0. The summed E-state index contributed by atoms with van der Waals surface area (Å²) in [7, 11) is 1.64. The van der Waals surface area contributed by atoms with Crippen molar-refractivity contribution in [2.45, 2.75) is 50.6 Å². The standard InChI is InChI=1S/C24H30N6O2/c1-16-14-18(32-2)9-10-19(16)27-23(31)30-13-11-24(15-30)22(26-17-6-3-4-7-17)28-21-20(29-24)8-5-12-25-21/h5,8-10,12,14,17,29H,3-4,6-7,11,13,15H2,1-2H3,(H,27,31)(H,25,26,28)/t24-/m1/s1. The molecule has 3 N–H and O–H groups in total. The van der Waals surface area contributed by atoms with E-state index in [9.17, 15) is 4.79 Å². The monoisotopic (exact) mass is 434 g/mol. The third-order valence-corrected chi connectivity index (χ3v) is 6.74. The highest BCUT2D eigenvalue weighted by atomic mass is 16.5. The smallest absolute Gasteiger partial charge is 0.321 e. The van der Waals surface area contributed by atoms with E-state index in [0.717, 1.165) is 53.6 Å². The van der Waals surface area contributed by atoms with Crippen LogP contribution in [0, 0.1) is 6.92 Å². The van der Waals surface area contributed by atoms with Gasteiger partial charge in [0.25, 0.3) is 0 Å². The molecule has 168 valence electrons. The number of aromatic nitrogens is 1. The van der Waals surface area contributed by atoms with E-state index in [0.29, 0.717) is 19.1 Å². The molecule has 1 saturated heterocycles. The Hall–Kier alpha value is -3.29. The van der Waals surface area contributed by atoms with Crippen molar-refractivity contribution in [1.82, 2.24) is 9.88 Å². The summed E-state index contributed by atoms with van der Waals surface area (Å²) in [5, 5.41) is 10.2. The molecule has 1 aromatic heterocycles. The van der Waals surface area contributed by atoms with E-state index in [1.165, 1.54) is 12.8 Å². The third kappa shape index (κ3) is 3.85. The van der Waals surface area contributed by atoms with Crippen LogP contribution in [0.5, 0.6) is 5.75 Å². The largest absolute Gasteiger partial charge is 0.497 e. The molecule has 8 heteroatoms. The molecule has 1 saturated carbocycles. The zero-order valence-corrected chi connectivity index (χ0v) is 18.6. The second-order valence-corrected chi connectivity index (χ2v) is 8.93. The zero-order chi connectivity index (χ0) is 22.1. The Morgan fingerprint density at radius 3 is 2.94 bits per heavy atom. The molecular weight excluding hydrogens is 404 g/mol. The molecule has 2 fully saturated rings. The number of aryl methyl sites for hydroxylation is 1. The number of fused-ring (bicyclic) bond motifs is 1. The molecule has 2 amide bonds. The maximum absolute atomic E-state index is 13.1. The summed E-state index contributed by atoms with van der Waals surface area (Å²) in [6.45, 7) is 3.16. The van der Waals surface area contributed by atoms with Crippen molar-refractivity contribution in [3.8, 4) is 5.75 Å². The predicted octanol–water partition coefficient (Wildman–Crippen LogP) is 4.25. The van der Waals surface area contributed by atoms with Gasteiger partial charge < -0.3 is 25.6 Å². The van der Waals surface area contributed by atoms with Crippen LogP contribution in [-0.4, -0.2) is 53.5 Å². The minimum Gasteiger partial charge on any atom is -0.497 e. The average Bonchev–Trinajstić information content (AvgIpc) is 3.46. The number of benzene rings is 1. The number of carbonyl (C=O) groups is 1. The first-order valence-corrected chi connectivity index (χ1v) is 11.4. The number of nitrogens with zero attached hydrogens (tertiary/aromatic N) is 3. The lowest BCUT2D eigenvalue weighted by molar-refractivity contribution is 0.221. The number of methoxy groups -OCH3 is 1. The summed E-state index contributed by atoms with van der Waals surface area (Å²) in [5.41, 5.74) is 2.28. The number of likely N-dealkylation sites (tertiary alicyclic amines) is 1. The van der Waals surface area contributed by atoms with E-state index < -0.39 is 5.54 Å². The van der Waals surface area contributed by atoms with Gasteiger partial charge in [-0.15, -0.1) is 0 Å². The Bertz CT molecular complexity index is 1050. The molecule has 2 aromatic rings. The van der Waals surface area contributed by atoms with Gasteiger partial charge in [0.05, 0.1) is 25.4 Å². The van der Waals surface area contributed by atoms with Crippen molar-refractivity contribution in [3.05, 3.63) is 42.1 Å². The number of ether oxygens (including phenoxy) is 1. The van der Waals surface area contributed by atoms with Crippen molar-refractivity contribution in [3.63, 3.8) is 0 Å². The Morgan fingerprint density at radius 1 is 1.31 bits per heavy atom. The number of anilines is 3. The third-order valence-electron chi connectivity index (χ3n) is 6.74. The number of pyridine rings is 1. The lowest BCUT2D eigenvalue weighted by atomic mass is 9.93. The first-order chi connectivity index (χ1) is 15.6. The molecule has 32 heavy (non-hydrogen) atoms. The number of hydrogen-bond donors (Lipinski definition) is 3. The SMILES string of the molecule is COc1ccc(NC(=O)N2CC[C@]3(C2)Nc2cccnc2NC3=NC2CCCC2)c(C)c1. The van der Waals surface area contributed by atoms with Crippen LogP contribution in [0.4, 0.5) is 22.0 Å². The highest BCUT2D eigenvalue weighted by Crippen LogP contribution is 2.36. The fourth-order valence-electron chi connectivity index (χ4n) is 4.90. The van der Waals surface area contributed by atoms with Gasteiger partial charge in [-0.05, 0) is 62.1 Å². The molecule has 1 aliphatic carbocycles. The molecule has 3 heterocycles. The van der Waals surface area contributed by atoms with Gasteiger partial charge in [0, 0.05) is 18.4 Å². The molecule has 8 nitrogen and oxygen atoms in total. The van der Waals surface area contributed by atoms with Crippen LogP contribution >= 0.6 is 0 Å². The quantitative estimate of drug-likeness (QED) is 0.672. The first kappa shape index (κ1) is 20.6. The Labute approximate surface area is 188 Å². The van der Waals surface area contributed by atoms with E-state index >= 15 is 0 Å². The highest BCUT2D eigenvalue weighted by Gasteiger charge is 2.47. The van der Waals surface area contributed by atoms with E-state index in [1.807, 2.05) is 42.2 Å². The van der Waals surface area contributed by atoms with Crippen LogP contribution in [0.25, 0.3) is 0 Å². The number of carbonyl (C=O) groups excluding carboxylic acids is 1. The van der Waals surface area contributed by atoms with Crippen molar-refractivity contribution in [2.24, 2.45) is 4.99 Å². The van der Waals surface area contributed by atoms with Gasteiger partial charge in [-0.1, -0.05) is 12.8 Å². The molecule has 0 radical (unpaired) electrons. The Kier molecular flexibility index (Phi) is 5.36. The molecule has 1 atom stereocenters. The number of rotatable bonds is 3. The fourth-order valence-corrected chi connectivity index (χ4v) is 4.90. The van der Waals surface area contributed by atoms with Gasteiger partial charge in [0.2, 0.25) is 0 Å². The van der Waals surface area contributed by atoms with Crippen LogP contribution in [0.3, 0.4) is 0 Å².